The van der Waals surface area contributed by atoms with Gasteiger partial charge in [0.1, 0.15) is 5.56 Å². The minimum Gasteiger partial charge on any atom is -0.331 e. The minimum absolute atomic E-state index is 0.137. The SMILES string of the molecule is CC1(C)CNCCN1C(=O)c1ccccc1[N+](=O)[O-]. The molecule has 0 radical (unpaired) electrons. The summed E-state index contributed by atoms with van der Waals surface area (Å²) in [5.41, 5.74) is -0.330. The molecule has 6 nitrogen and oxygen atoms in total. The molecule has 19 heavy (non-hydrogen) atoms. The van der Waals surface area contributed by atoms with Gasteiger partial charge < -0.3 is 10.2 Å². The average molecular weight is 263 g/mol. The molecule has 102 valence electrons. The van der Waals surface area contributed by atoms with Gasteiger partial charge in [0.15, 0.2) is 0 Å². The van der Waals surface area contributed by atoms with Crippen molar-refractivity contribution in [3.8, 4) is 0 Å². The minimum atomic E-state index is -0.511. The summed E-state index contributed by atoms with van der Waals surface area (Å²) in [5.74, 6) is -0.279. The second kappa shape index (κ2) is 4.97. The third-order valence-electron chi connectivity index (χ3n) is 3.38. The fourth-order valence-corrected chi connectivity index (χ4v) is 2.32. The first kappa shape index (κ1) is 13.5. The summed E-state index contributed by atoms with van der Waals surface area (Å²) in [6, 6.07) is 6.09. The third kappa shape index (κ3) is 2.58. The molecule has 1 N–H and O–H groups in total. The van der Waals surface area contributed by atoms with Crippen molar-refractivity contribution in [2.45, 2.75) is 19.4 Å². The lowest BCUT2D eigenvalue weighted by Gasteiger charge is -2.42. The Balaban J connectivity index is 2.36. The summed E-state index contributed by atoms with van der Waals surface area (Å²) in [4.78, 5) is 24.7. The Morgan fingerprint density at radius 2 is 2.11 bits per heavy atom. The van der Waals surface area contributed by atoms with E-state index in [1.165, 1.54) is 12.1 Å². The lowest BCUT2D eigenvalue weighted by atomic mass is 9.98. The van der Waals surface area contributed by atoms with Crippen LogP contribution in [-0.4, -0.2) is 40.9 Å². The molecule has 0 atom stereocenters. The molecule has 2 rings (SSSR count). The van der Waals surface area contributed by atoms with Crippen LogP contribution in [0.1, 0.15) is 24.2 Å². The third-order valence-corrected chi connectivity index (χ3v) is 3.38. The molecular formula is C13H17N3O3. The highest BCUT2D eigenvalue weighted by Crippen LogP contribution is 2.24. The summed E-state index contributed by atoms with van der Waals surface area (Å²) in [5, 5.41) is 14.2. The van der Waals surface area contributed by atoms with E-state index in [1.807, 2.05) is 13.8 Å². The van der Waals surface area contributed by atoms with Gasteiger partial charge in [0, 0.05) is 25.7 Å². The average Bonchev–Trinajstić information content (AvgIpc) is 2.37. The van der Waals surface area contributed by atoms with Gasteiger partial charge >= 0.3 is 0 Å². The molecule has 0 spiro atoms. The molecule has 1 fully saturated rings. The highest BCUT2D eigenvalue weighted by molar-refractivity contribution is 5.98. The van der Waals surface area contributed by atoms with E-state index >= 15 is 0 Å². The summed E-state index contributed by atoms with van der Waals surface area (Å²) in [6.07, 6.45) is 0. The Morgan fingerprint density at radius 1 is 1.42 bits per heavy atom. The number of carbonyl (C=O) groups excluding carboxylic acids is 1. The number of nitrogens with one attached hydrogen (secondary N) is 1. The predicted octanol–water partition coefficient (Wildman–Crippen LogP) is 1.42. The van der Waals surface area contributed by atoms with Gasteiger partial charge in [-0.05, 0) is 19.9 Å². The maximum absolute atomic E-state index is 12.5. The second-order valence-electron chi connectivity index (χ2n) is 5.22. The number of hydrogen-bond acceptors (Lipinski definition) is 4. The highest BCUT2D eigenvalue weighted by Gasteiger charge is 2.35. The van der Waals surface area contributed by atoms with Crippen LogP contribution >= 0.6 is 0 Å². The quantitative estimate of drug-likeness (QED) is 0.646. The van der Waals surface area contributed by atoms with Crippen LogP contribution in [0, 0.1) is 10.1 Å². The number of amides is 1. The maximum atomic E-state index is 12.5. The maximum Gasteiger partial charge on any atom is 0.282 e. The zero-order chi connectivity index (χ0) is 14.0. The zero-order valence-corrected chi connectivity index (χ0v) is 11.0. The van der Waals surface area contributed by atoms with Gasteiger partial charge in [-0.1, -0.05) is 12.1 Å². The van der Waals surface area contributed by atoms with Crippen LogP contribution in [0.25, 0.3) is 0 Å². The predicted molar refractivity (Wildman–Crippen MR) is 71.1 cm³/mol. The number of carbonyl (C=O) groups is 1. The van der Waals surface area contributed by atoms with Crippen LogP contribution in [0.4, 0.5) is 5.69 Å². The number of nitrogens with zero attached hydrogens (tertiary/aromatic N) is 2. The van der Waals surface area contributed by atoms with Crippen LogP contribution in [0.15, 0.2) is 24.3 Å². The van der Waals surface area contributed by atoms with Crippen LogP contribution in [0.5, 0.6) is 0 Å². The van der Waals surface area contributed by atoms with Crippen molar-refractivity contribution in [2.75, 3.05) is 19.6 Å². The Bertz CT molecular complexity index is 514. The van der Waals surface area contributed by atoms with Crippen molar-refractivity contribution in [3.05, 3.63) is 39.9 Å². The van der Waals surface area contributed by atoms with Gasteiger partial charge in [-0.25, -0.2) is 0 Å². The number of nitro groups is 1. The Morgan fingerprint density at radius 3 is 2.74 bits per heavy atom. The molecule has 6 heteroatoms. The van der Waals surface area contributed by atoms with Crippen molar-refractivity contribution >= 4 is 11.6 Å². The largest absolute Gasteiger partial charge is 0.331 e. The number of nitro benzene ring substituents is 1. The summed E-state index contributed by atoms with van der Waals surface area (Å²) >= 11 is 0. The van der Waals surface area contributed by atoms with Gasteiger partial charge in [0.05, 0.1) is 10.5 Å². The first-order chi connectivity index (χ1) is 8.93. The monoisotopic (exact) mass is 263 g/mol. The van der Waals surface area contributed by atoms with Gasteiger partial charge in [0.25, 0.3) is 11.6 Å². The van der Waals surface area contributed by atoms with Gasteiger partial charge in [-0.15, -0.1) is 0 Å². The van der Waals surface area contributed by atoms with E-state index in [0.29, 0.717) is 19.6 Å². The molecule has 1 saturated heterocycles. The Labute approximate surface area is 111 Å². The standard InChI is InChI=1S/C13H17N3O3/c1-13(2)9-14-7-8-15(13)12(17)10-5-3-4-6-11(10)16(18)19/h3-6,14H,7-9H2,1-2H3. The zero-order valence-electron chi connectivity index (χ0n) is 11.0. The van der Waals surface area contributed by atoms with Crippen molar-refractivity contribution in [1.82, 2.24) is 10.2 Å². The lowest BCUT2D eigenvalue weighted by Crippen LogP contribution is -2.59. The van der Waals surface area contributed by atoms with E-state index in [2.05, 4.69) is 5.32 Å². The van der Waals surface area contributed by atoms with Gasteiger partial charge in [-0.3, -0.25) is 14.9 Å². The van der Waals surface area contributed by atoms with Gasteiger partial charge in [-0.2, -0.15) is 0 Å². The number of rotatable bonds is 2. The molecule has 0 aromatic heterocycles. The molecule has 1 amide bonds. The summed E-state index contributed by atoms with van der Waals surface area (Å²) in [7, 11) is 0. The van der Waals surface area contributed by atoms with Crippen LogP contribution in [0.3, 0.4) is 0 Å². The summed E-state index contributed by atoms with van der Waals surface area (Å²) in [6.45, 7) is 5.84. The van der Waals surface area contributed by atoms with Crippen LogP contribution in [-0.2, 0) is 0 Å². The normalized spacial score (nSPS) is 18.1. The van der Waals surface area contributed by atoms with Crippen LogP contribution < -0.4 is 5.32 Å². The molecular weight excluding hydrogens is 246 g/mol. The van der Waals surface area contributed by atoms with E-state index in [9.17, 15) is 14.9 Å². The van der Waals surface area contributed by atoms with Crippen molar-refractivity contribution in [1.29, 1.82) is 0 Å². The molecule has 1 heterocycles. The first-order valence-electron chi connectivity index (χ1n) is 6.19. The molecule has 1 aromatic carbocycles. The number of benzene rings is 1. The lowest BCUT2D eigenvalue weighted by molar-refractivity contribution is -0.385. The topological polar surface area (TPSA) is 75.5 Å². The van der Waals surface area contributed by atoms with Gasteiger partial charge in [0.2, 0.25) is 0 Å². The smallest absolute Gasteiger partial charge is 0.282 e. The van der Waals surface area contributed by atoms with Crippen molar-refractivity contribution < 1.29 is 9.72 Å². The second-order valence-corrected chi connectivity index (χ2v) is 5.22. The fraction of sp³-hybridized carbons (Fsp3) is 0.462. The van der Waals surface area contributed by atoms with Crippen molar-refractivity contribution in [3.63, 3.8) is 0 Å². The fourth-order valence-electron chi connectivity index (χ4n) is 2.32. The number of piperazine rings is 1. The van der Waals surface area contributed by atoms with E-state index in [-0.39, 0.29) is 22.7 Å². The van der Waals surface area contributed by atoms with E-state index in [0.717, 1.165) is 0 Å². The van der Waals surface area contributed by atoms with Crippen LogP contribution in [0.2, 0.25) is 0 Å². The molecule has 0 aliphatic carbocycles. The van der Waals surface area contributed by atoms with E-state index < -0.39 is 4.92 Å². The molecule has 1 aliphatic rings. The Kier molecular flexibility index (Phi) is 3.53. The Hall–Kier alpha value is -1.95. The van der Waals surface area contributed by atoms with E-state index in [1.54, 1.807) is 17.0 Å². The van der Waals surface area contributed by atoms with E-state index in [4.69, 9.17) is 0 Å². The molecule has 1 aliphatic heterocycles. The summed E-state index contributed by atoms with van der Waals surface area (Å²) < 4.78 is 0. The molecule has 0 bridgehead atoms. The number of hydrogen-bond donors (Lipinski definition) is 1. The molecule has 0 unspecified atom stereocenters. The first-order valence-corrected chi connectivity index (χ1v) is 6.19. The van der Waals surface area contributed by atoms with Crippen molar-refractivity contribution in [2.24, 2.45) is 0 Å². The molecule has 0 saturated carbocycles. The number of para-hydroxylation sites is 1. The molecule has 1 aromatic rings. The highest BCUT2D eigenvalue weighted by atomic mass is 16.6.